The summed E-state index contributed by atoms with van der Waals surface area (Å²) in [6.07, 6.45) is 1.53. The van der Waals surface area contributed by atoms with E-state index in [1.54, 1.807) is 23.2 Å². The van der Waals surface area contributed by atoms with Crippen LogP contribution in [0, 0.1) is 12.8 Å². The Labute approximate surface area is 183 Å². The van der Waals surface area contributed by atoms with E-state index in [9.17, 15) is 9.90 Å². The fraction of sp³-hybridized carbons (Fsp3) is 0.409. The summed E-state index contributed by atoms with van der Waals surface area (Å²) in [5.41, 5.74) is 2.04. The van der Waals surface area contributed by atoms with Gasteiger partial charge in [-0.2, -0.15) is 5.10 Å². The minimum Gasteiger partial charge on any atom is -0.382 e. The van der Waals surface area contributed by atoms with Gasteiger partial charge in [-0.25, -0.2) is 8.78 Å². The topological polar surface area (TPSA) is 82.1 Å². The van der Waals surface area contributed by atoms with Crippen LogP contribution in [0.2, 0.25) is 5.02 Å². The zero-order valence-electron chi connectivity index (χ0n) is 17.0. The SMILES string of the molecule is Cc1cc(CC(=O)N2CCC(C(F)(F)[C@H](O)c3cc(Cl)cc4cn[nH]c34)CC2)ccn1. The van der Waals surface area contributed by atoms with E-state index in [0.717, 1.165) is 11.3 Å². The van der Waals surface area contributed by atoms with Crippen LogP contribution in [0.15, 0.2) is 36.7 Å². The van der Waals surface area contributed by atoms with Crippen LogP contribution in [0.5, 0.6) is 0 Å². The highest BCUT2D eigenvalue weighted by Crippen LogP contribution is 2.44. The first-order valence-corrected chi connectivity index (χ1v) is 10.5. The summed E-state index contributed by atoms with van der Waals surface area (Å²) in [7, 11) is 0. The van der Waals surface area contributed by atoms with Crippen LogP contribution in [0.1, 0.15) is 35.8 Å². The molecule has 164 valence electrons. The third-order valence-corrected chi connectivity index (χ3v) is 6.13. The molecule has 1 amide bonds. The number of aliphatic hydroxyl groups is 1. The number of hydrogen-bond donors (Lipinski definition) is 2. The molecule has 6 nitrogen and oxygen atoms in total. The Morgan fingerprint density at radius 1 is 1.35 bits per heavy atom. The maximum Gasteiger partial charge on any atom is 0.280 e. The van der Waals surface area contributed by atoms with E-state index in [0.29, 0.717) is 10.9 Å². The van der Waals surface area contributed by atoms with E-state index in [-0.39, 0.29) is 48.8 Å². The van der Waals surface area contributed by atoms with Gasteiger partial charge in [-0.1, -0.05) is 11.6 Å². The van der Waals surface area contributed by atoms with Crippen LogP contribution in [-0.2, 0) is 11.2 Å². The van der Waals surface area contributed by atoms with Gasteiger partial charge in [0.25, 0.3) is 5.92 Å². The molecule has 0 spiro atoms. The molecular weight excluding hydrogens is 426 g/mol. The lowest BCUT2D eigenvalue weighted by atomic mass is 9.84. The van der Waals surface area contributed by atoms with Crippen molar-refractivity contribution in [2.75, 3.05) is 13.1 Å². The van der Waals surface area contributed by atoms with Crippen LogP contribution in [-0.4, -0.2) is 50.1 Å². The van der Waals surface area contributed by atoms with Gasteiger partial charge in [-0.15, -0.1) is 0 Å². The van der Waals surface area contributed by atoms with Gasteiger partial charge in [0.05, 0.1) is 18.1 Å². The van der Waals surface area contributed by atoms with Crippen LogP contribution in [0.4, 0.5) is 8.78 Å². The van der Waals surface area contributed by atoms with Crippen molar-refractivity contribution in [3.63, 3.8) is 0 Å². The number of H-pyrrole nitrogens is 1. The highest BCUT2D eigenvalue weighted by atomic mass is 35.5. The second-order valence-corrected chi connectivity index (χ2v) is 8.48. The fourth-order valence-electron chi connectivity index (χ4n) is 4.21. The minimum atomic E-state index is -3.37. The average molecular weight is 449 g/mol. The number of nitrogens with one attached hydrogen (secondary N) is 1. The number of benzene rings is 1. The molecule has 1 aliphatic heterocycles. The number of rotatable bonds is 5. The van der Waals surface area contributed by atoms with E-state index < -0.39 is 17.9 Å². The molecule has 9 heteroatoms. The second kappa shape index (κ2) is 8.51. The molecule has 0 saturated carbocycles. The van der Waals surface area contributed by atoms with Gasteiger partial charge in [0, 0.05) is 46.9 Å². The Morgan fingerprint density at radius 2 is 2.10 bits per heavy atom. The number of pyridine rings is 1. The van der Waals surface area contributed by atoms with E-state index in [2.05, 4.69) is 15.2 Å². The monoisotopic (exact) mass is 448 g/mol. The number of likely N-dealkylation sites (tertiary alicyclic amines) is 1. The summed E-state index contributed by atoms with van der Waals surface area (Å²) in [6.45, 7) is 2.31. The molecule has 0 bridgehead atoms. The Balaban J connectivity index is 1.43. The number of amides is 1. The second-order valence-electron chi connectivity index (χ2n) is 8.04. The fourth-order valence-corrected chi connectivity index (χ4v) is 4.44. The average Bonchev–Trinajstić information content (AvgIpc) is 3.21. The van der Waals surface area contributed by atoms with E-state index in [4.69, 9.17) is 11.6 Å². The molecule has 1 fully saturated rings. The summed E-state index contributed by atoms with van der Waals surface area (Å²) in [4.78, 5) is 18.3. The Hall–Kier alpha value is -2.58. The molecule has 1 atom stereocenters. The van der Waals surface area contributed by atoms with Crippen LogP contribution >= 0.6 is 11.6 Å². The molecule has 31 heavy (non-hydrogen) atoms. The standard InChI is InChI=1S/C22H23ClF2N4O2/c1-13-8-14(2-5-26-13)9-19(30)29-6-3-16(4-7-29)22(24,25)21(31)18-11-17(23)10-15-12-27-28-20(15)18/h2,5,8,10-12,16,21,31H,3-4,6-7,9H2,1H3,(H,27,28)/t21-/m1/s1. The lowest BCUT2D eigenvalue weighted by Crippen LogP contribution is -2.45. The molecule has 3 aromatic rings. The maximum atomic E-state index is 15.2. The third kappa shape index (κ3) is 4.41. The van der Waals surface area contributed by atoms with Gasteiger partial charge in [0.1, 0.15) is 6.10 Å². The summed E-state index contributed by atoms with van der Waals surface area (Å²) < 4.78 is 30.5. The maximum absolute atomic E-state index is 15.2. The molecule has 0 unspecified atom stereocenters. The number of carbonyl (C=O) groups is 1. The van der Waals surface area contributed by atoms with Crippen LogP contribution in [0.25, 0.3) is 10.9 Å². The number of aromatic nitrogens is 3. The Kier molecular flexibility index (Phi) is 5.94. The largest absolute Gasteiger partial charge is 0.382 e. The predicted octanol–water partition coefficient (Wildman–Crippen LogP) is 4.07. The number of aliphatic hydroxyl groups excluding tert-OH is 1. The highest BCUT2D eigenvalue weighted by Gasteiger charge is 2.48. The van der Waals surface area contributed by atoms with Crippen molar-refractivity contribution in [3.05, 3.63) is 58.5 Å². The Morgan fingerprint density at radius 3 is 2.81 bits per heavy atom. The molecule has 2 aromatic heterocycles. The quantitative estimate of drug-likeness (QED) is 0.616. The van der Waals surface area contributed by atoms with Crippen molar-refractivity contribution >= 4 is 28.4 Å². The van der Waals surface area contributed by atoms with Gasteiger partial charge < -0.3 is 10.0 Å². The van der Waals surface area contributed by atoms with Crippen molar-refractivity contribution in [3.8, 4) is 0 Å². The van der Waals surface area contributed by atoms with Gasteiger partial charge in [0.15, 0.2) is 0 Å². The van der Waals surface area contributed by atoms with Crippen molar-refractivity contribution in [2.24, 2.45) is 5.92 Å². The summed E-state index contributed by atoms with van der Waals surface area (Å²) >= 11 is 6.05. The zero-order chi connectivity index (χ0) is 22.2. The van der Waals surface area contributed by atoms with Crippen LogP contribution < -0.4 is 0 Å². The number of nitrogens with zero attached hydrogens (tertiary/aromatic N) is 3. The molecule has 1 aromatic carbocycles. The number of halogens is 3. The van der Waals surface area contributed by atoms with Gasteiger partial charge >= 0.3 is 0 Å². The molecule has 0 aliphatic carbocycles. The first-order chi connectivity index (χ1) is 14.8. The molecule has 3 heterocycles. The number of aryl methyl sites for hydroxylation is 1. The number of alkyl halides is 2. The first kappa shape index (κ1) is 21.6. The van der Waals surface area contributed by atoms with E-state index >= 15 is 8.78 Å². The third-order valence-electron chi connectivity index (χ3n) is 5.91. The van der Waals surface area contributed by atoms with Crippen LogP contribution in [0.3, 0.4) is 0 Å². The molecule has 2 N–H and O–H groups in total. The predicted molar refractivity (Wildman–Crippen MR) is 113 cm³/mol. The van der Waals surface area contributed by atoms with E-state index in [1.165, 1.54) is 12.3 Å². The molecular formula is C22H23ClF2N4O2. The summed E-state index contributed by atoms with van der Waals surface area (Å²) in [6, 6.07) is 6.57. The van der Waals surface area contributed by atoms with Crippen molar-refractivity contribution in [1.82, 2.24) is 20.1 Å². The number of aromatic amines is 1. The zero-order valence-corrected chi connectivity index (χ0v) is 17.7. The summed E-state index contributed by atoms with van der Waals surface area (Å²) in [5, 5.41) is 17.9. The summed E-state index contributed by atoms with van der Waals surface area (Å²) in [5.74, 6) is -4.52. The molecule has 0 radical (unpaired) electrons. The van der Waals surface area contributed by atoms with Gasteiger partial charge in [-0.05, 0) is 49.6 Å². The van der Waals surface area contributed by atoms with Crippen molar-refractivity contribution in [1.29, 1.82) is 0 Å². The lowest BCUT2D eigenvalue weighted by molar-refractivity contribution is -0.164. The van der Waals surface area contributed by atoms with E-state index in [1.807, 2.05) is 13.0 Å². The van der Waals surface area contributed by atoms with Gasteiger partial charge in [0.2, 0.25) is 5.91 Å². The molecule has 1 aliphatic rings. The number of fused-ring (bicyclic) bond motifs is 1. The lowest BCUT2D eigenvalue weighted by Gasteiger charge is -2.38. The number of carbonyl (C=O) groups excluding carboxylic acids is 1. The Bertz CT molecular complexity index is 1100. The smallest absolute Gasteiger partial charge is 0.280 e. The molecule has 1 saturated heterocycles. The normalized spacial score (nSPS) is 16.6. The van der Waals surface area contributed by atoms with Crippen molar-refractivity contribution < 1.29 is 18.7 Å². The van der Waals surface area contributed by atoms with Crippen molar-refractivity contribution in [2.45, 2.75) is 38.2 Å². The van der Waals surface area contributed by atoms with Gasteiger partial charge in [-0.3, -0.25) is 14.9 Å². The highest BCUT2D eigenvalue weighted by molar-refractivity contribution is 6.31. The molecule has 4 rings (SSSR count). The first-order valence-electron chi connectivity index (χ1n) is 10.1. The number of piperidine rings is 1. The minimum absolute atomic E-state index is 0.0246. The number of hydrogen-bond acceptors (Lipinski definition) is 4.